The molecule has 0 aliphatic carbocycles. The lowest BCUT2D eigenvalue weighted by atomic mass is 10.2. The second kappa shape index (κ2) is 6.60. The third kappa shape index (κ3) is 4.47. The monoisotopic (exact) mass is 286 g/mol. The maximum absolute atomic E-state index is 11.4. The number of urea groups is 1. The predicted molar refractivity (Wildman–Crippen MR) is 67.4 cm³/mol. The maximum atomic E-state index is 11.4. The molecule has 0 spiro atoms. The first-order chi connectivity index (χ1) is 8.93. The zero-order valence-corrected chi connectivity index (χ0v) is 10.7. The molecule has 0 radical (unpaired) electrons. The number of carboxylic acids is 1. The van der Waals surface area contributed by atoms with Crippen molar-refractivity contribution in [2.45, 2.75) is 0 Å². The lowest BCUT2D eigenvalue weighted by Gasteiger charge is -2.07. The molecule has 0 aliphatic rings. The number of rotatable bonds is 4. The molecule has 0 saturated carbocycles. The van der Waals surface area contributed by atoms with Gasteiger partial charge in [0.05, 0.1) is 17.7 Å². The van der Waals surface area contributed by atoms with Crippen molar-refractivity contribution in [1.29, 1.82) is 0 Å². The Balaban J connectivity index is 2.63. The van der Waals surface area contributed by atoms with E-state index < -0.39 is 18.0 Å². The molecule has 0 heterocycles. The van der Waals surface area contributed by atoms with Crippen LogP contribution in [0.15, 0.2) is 18.2 Å². The third-order valence-corrected chi connectivity index (χ3v) is 2.39. The first-order valence-electron chi connectivity index (χ1n) is 5.08. The van der Waals surface area contributed by atoms with Crippen molar-refractivity contribution < 1.29 is 24.2 Å². The number of ether oxygens (including phenoxy) is 1. The molecule has 0 aliphatic heterocycles. The van der Waals surface area contributed by atoms with Crippen molar-refractivity contribution in [1.82, 2.24) is 5.32 Å². The van der Waals surface area contributed by atoms with Gasteiger partial charge in [-0.3, -0.25) is 4.79 Å². The Hall–Kier alpha value is -2.28. The van der Waals surface area contributed by atoms with Crippen molar-refractivity contribution in [2.24, 2.45) is 0 Å². The number of hydrogen-bond acceptors (Lipinski definition) is 4. The van der Waals surface area contributed by atoms with Gasteiger partial charge in [0.15, 0.2) is 0 Å². The minimum Gasteiger partial charge on any atom is -0.478 e. The minimum atomic E-state index is -1.16. The molecule has 0 saturated heterocycles. The summed E-state index contributed by atoms with van der Waals surface area (Å²) in [6.45, 7) is -0.275. The number of amides is 2. The SMILES string of the molecule is COC(=O)CNC(=O)Nc1ccc(C(=O)O)c(Cl)c1. The van der Waals surface area contributed by atoms with Crippen LogP contribution in [0, 0.1) is 0 Å². The van der Waals surface area contributed by atoms with Crippen LogP contribution in [0.2, 0.25) is 5.02 Å². The summed E-state index contributed by atoms with van der Waals surface area (Å²) in [6, 6.07) is 3.31. The molecule has 19 heavy (non-hydrogen) atoms. The Kier molecular flexibility index (Phi) is 5.13. The molecule has 0 fully saturated rings. The van der Waals surface area contributed by atoms with Gasteiger partial charge in [-0.1, -0.05) is 11.6 Å². The summed E-state index contributed by atoms with van der Waals surface area (Å²) in [5, 5.41) is 13.4. The van der Waals surface area contributed by atoms with Crippen molar-refractivity contribution in [3.8, 4) is 0 Å². The number of benzene rings is 1. The average Bonchev–Trinajstić information content (AvgIpc) is 2.35. The number of hydrogen-bond donors (Lipinski definition) is 3. The molecule has 1 aromatic rings. The average molecular weight is 287 g/mol. The molecular formula is C11H11ClN2O5. The van der Waals surface area contributed by atoms with Crippen LogP contribution in [-0.4, -0.2) is 36.7 Å². The highest BCUT2D eigenvalue weighted by atomic mass is 35.5. The van der Waals surface area contributed by atoms with E-state index in [2.05, 4.69) is 15.4 Å². The van der Waals surface area contributed by atoms with Gasteiger partial charge in [-0.2, -0.15) is 0 Å². The van der Waals surface area contributed by atoms with E-state index in [0.717, 1.165) is 0 Å². The Morgan fingerprint density at radius 3 is 2.58 bits per heavy atom. The van der Waals surface area contributed by atoms with E-state index in [-0.39, 0.29) is 17.1 Å². The molecular weight excluding hydrogens is 276 g/mol. The normalized spacial score (nSPS) is 9.58. The molecule has 3 N–H and O–H groups in total. The molecule has 0 unspecified atom stereocenters. The van der Waals surface area contributed by atoms with E-state index in [9.17, 15) is 14.4 Å². The van der Waals surface area contributed by atoms with Crippen molar-refractivity contribution in [3.05, 3.63) is 28.8 Å². The van der Waals surface area contributed by atoms with Gasteiger partial charge in [0.25, 0.3) is 0 Å². The van der Waals surface area contributed by atoms with Crippen molar-refractivity contribution in [2.75, 3.05) is 19.0 Å². The van der Waals surface area contributed by atoms with E-state index in [1.54, 1.807) is 0 Å². The lowest BCUT2D eigenvalue weighted by molar-refractivity contribution is -0.139. The molecule has 8 heteroatoms. The predicted octanol–water partition coefficient (Wildman–Crippen LogP) is 1.33. The summed E-state index contributed by atoms with van der Waals surface area (Å²) >= 11 is 5.73. The van der Waals surface area contributed by atoms with E-state index in [0.29, 0.717) is 5.69 Å². The van der Waals surface area contributed by atoms with Gasteiger partial charge < -0.3 is 20.5 Å². The number of anilines is 1. The number of aromatic carboxylic acids is 1. The molecule has 2 amide bonds. The lowest BCUT2D eigenvalue weighted by Crippen LogP contribution is -2.33. The number of carbonyl (C=O) groups excluding carboxylic acids is 2. The van der Waals surface area contributed by atoms with E-state index >= 15 is 0 Å². The first-order valence-corrected chi connectivity index (χ1v) is 5.46. The number of esters is 1. The van der Waals surface area contributed by atoms with Crippen LogP contribution in [0.5, 0.6) is 0 Å². The molecule has 102 valence electrons. The summed E-state index contributed by atoms with van der Waals surface area (Å²) in [6.07, 6.45) is 0. The Morgan fingerprint density at radius 2 is 2.05 bits per heavy atom. The standard InChI is InChI=1S/C11H11ClN2O5/c1-19-9(15)5-13-11(18)14-6-2-3-7(10(16)17)8(12)4-6/h2-4H,5H2,1H3,(H,16,17)(H2,13,14,18). The molecule has 0 bridgehead atoms. The fourth-order valence-corrected chi connectivity index (χ4v) is 1.43. The summed E-state index contributed by atoms with van der Waals surface area (Å²) in [5.74, 6) is -1.75. The summed E-state index contributed by atoms with van der Waals surface area (Å²) in [7, 11) is 1.20. The zero-order valence-electron chi connectivity index (χ0n) is 9.90. The van der Waals surface area contributed by atoms with Crippen LogP contribution in [0.4, 0.5) is 10.5 Å². The van der Waals surface area contributed by atoms with Gasteiger partial charge in [-0.15, -0.1) is 0 Å². The zero-order chi connectivity index (χ0) is 14.4. The summed E-state index contributed by atoms with van der Waals surface area (Å²) < 4.78 is 4.34. The third-order valence-electron chi connectivity index (χ3n) is 2.08. The van der Waals surface area contributed by atoms with Gasteiger partial charge in [-0.05, 0) is 18.2 Å². The van der Waals surface area contributed by atoms with Crippen LogP contribution in [0.1, 0.15) is 10.4 Å². The van der Waals surface area contributed by atoms with E-state index in [4.69, 9.17) is 16.7 Å². The van der Waals surface area contributed by atoms with Crippen LogP contribution in [-0.2, 0) is 9.53 Å². The van der Waals surface area contributed by atoms with Crippen LogP contribution >= 0.6 is 11.6 Å². The molecule has 1 rings (SSSR count). The number of methoxy groups -OCH3 is 1. The Bertz CT molecular complexity index is 518. The highest BCUT2D eigenvalue weighted by Gasteiger charge is 2.10. The summed E-state index contributed by atoms with van der Waals surface area (Å²) in [5.41, 5.74) is 0.236. The highest BCUT2D eigenvalue weighted by Crippen LogP contribution is 2.20. The van der Waals surface area contributed by atoms with Gasteiger partial charge in [0.2, 0.25) is 0 Å². The molecule has 0 aromatic heterocycles. The van der Waals surface area contributed by atoms with Crippen LogP contribution in [0.3, 0.4) is 0 Å². The largest absolute Gasteiger partial charge is 0.478 e. The fraction of sp³-hybridized carbons (Fsp3) is 0.182. The van der Waals surface area contributed by atoms with Gasteiger partial charge >= 0.3 is 18.0 Å². The number of carboxylic acid groups (broad SMARTS) is 1. The van der Waals surface area contributed by atoms with Crippen molar-refractivity contribution in [3.63, 3.8) is 0 Å². The van der Waals surface area contributed by atoms with Crippen LogP contribution < -0.4 is 10.6 Å². The summed E-state index contributed by atoms with van der Waals surface area (Å²) in [4.78, 5) is 32.9. The Labute approximate surface area is 113 Å². The number of nitrogens with one attached hydrogen (secondary N) is 2. The smallest absolute Gasteiger partial charge is 0.337 e. The number of carbonyl (C=O) groups is 3. The molecule has 7 nitrogen and oxygen atoms in total. The van der Waals surface area contributed by atoms with Crippen LogP contribution in [0.25, 0.3) is 0 Å². The quantitative estimate of drug-likeness (QED) is 0.724. The van der Waals surface area contributed by atoms with E-state index in [1.807, 2.05) is 0 Å². The van der Waals surface area contributed by atoms with Crippen molar-refractivity contribution >= 4 is 35.3 Å². The minimum absolute atomic E-state index is 0.00160. The topological polar surface area (TPSA) is 105 Å². The molecule has 1 aromatic carbocycles. The van der Waals surface area contributed by atoms with E-state index in [1.165, 1.54) is 25.3 Å². The van der Waals surface area contributed by atoms with Gasteiger partial charge in [0.1, 0.15) is 6.54 Å². The number of halogens is 1. The maximum Gasteiger partial charge on any atom is 0.337 e. The van der Waals surface area contributed by atoms with Gasteiger partial charge in [0, 0.05) is 5.69 Å². The fourth-order valence-electron chi connectivity index (χ4n) is 1.17. The first kappa shape index (κ1) is 14.8. The second-order valence-corrected chi connectivity index (χ2v) is 3.79. The second-order valence-electron chi connectivity index (χ2n) is 3.38. The highest BCUT2D eigenvalue weighted by molar-refractivity contribution is 6.33. The van der Waals surface area contributed by atoms with Gasteiger partial charge in [-0.25, -0.2) is 9.59 Å². The molecule has 0 atom stereocenters. The Morgan fingerprint density at radius 1 is 1.37 bits per heavy atom.